The molecule has 0 bridgehead atoms. The average molecular weight is 408 g/mol. The predicted octanol–water partition coefficient (Wildman–Crippen LogP) is 2.97. The lowest BCUT2D eigenvalue weighted by molar-refractivity contribution is -0.133. The molecule has 162 valence electrons. The highest BCUT2D eigenvalue weighted by Gasteiger charge is 2.25. The number of rotatable bonds is 7. The Morgan fingerprint density at radius 1 is 1.17 bits per heavy atom. The first-order valence-corrected chi connectivity index (χ1v) is 10.2. The number of halogens is 1. The summed E-state index contributed by atoms with van der Waals surface area (Å²) in [5.74, 6) is 0.0257. The molecule has 0 aliphatic heterocycles. The van der Waals surface area contributed by atoms with E-state index >= 15 is 0 Å². The average Bonchev–Trinajstić information content (AvgIpc) is 2.69. The maximum absolute atomic E-state index is 13.6. The number of methoxy groups -OCH3 is 1. The second-order valence-corrected chi connectivity index (χ2v) is 8.81. The van der Waals surface area contributed by atoms with E-state index < -0.39 is 5.82 Å². The van der Waals surface area contributed by atoms with Crippen molar-refractivity contribution >= 4 is 11.8 Å². The molecule has 1 aromatic carbocycles. The van der Waals surface area contributed by atoms with Gasteiger partial charge < -0.3 is 20.3 Å². The molecular formula is C22H34FN3O3. The van der Waals surface area contributed by atoms with Crippen LogP contribution in [-0.4, -0.2) is 55.5 Å². The minimum Gasteiger partial charge on any atom is -0.497 e. The van der Waals surface area contributed by atoms with Crippen molar-refractivity contribution in [1.29, 1.82) is 0 Å². The second kappa shape index (κ2) is 10.1. The van der Waals surface area contributed by atoms with Crippen molar-refractivity contribution in [3.63, 3.8) is 0 Å². The third kappa shape index (κ3) is 6.99. The van der Waals surface area contributed by atoms with Crippen molar-refractivity contribution in [2.24, 2.45) is 5.92 Å². The van der Waals surface area contributed by atoms with Gasteiger partial charge in [-0.25, -0.2) is 4.39 Å². The number of hydrogen-bond donors (Lipinski definition) is 2. The van der Waals surface area contributed by atoms with Crippen molar-refractivity contribution in [1.82, 2.24) is 15.5 Å². The molecule has 2 rings (SSSR count). The maximum Gasteiger partial charge on any atom is 0.251 e. The summed E-state index contributed by atoms with van der Waals surface area (Å²) in [6, 6.07) is 4.32. The standard InChI is InChI=1S/C22H34FN3O3/c1-22(2,3)26(4)20(27)14-24-18-8-6-15(7-9-18)13-25-21(28)16-10-17(23)12-19(11-16)29-5/h10-12,15,18,24H,6-9,13-14H2,1-5H3,(H,25,28)/t15-,18+. The minimum atomic E-state index is -0.493. The molecule has 0 saturated heterocycles. The van der Waals surface area contributed by atoms with Crippen LogP contribution in [0.15, 0.2) is 18.2 Å². The molecule has 2 amide bonds. The van der Waals surface area contributed by atoms with Gasteiger partial charge in [0.2, 0.25) is 5.91 Å². The number of hydrogen-bond acceptors (Lipinski definition) is 4. The van der Waals surface area contributed by atoms with Crippen LogP contribution in [0.4, 0.5) is 4.39 Å². The van der Waals surface area contributed by atoms with Crippen LogP contribution in [0.25, 0.3) is 0 Å². The van der Waals surface area contributed by atoms with Gasteiger partial charge in [-0.3, -0.25) is 9.59 Å². The summed E-state index contributed by atoms with van der Waals surface area (Å²) in [7, 11) is 3.27. The molecule has 29 heavy (non-hydrogen) atoms. The van der Waals surface area contributed by atoms with Crippen LogP contribution >= 0.6 is 0 Å². The van der Waals surface area contributed by atoms with Crippen LogP contribution in [0.3, 0.4) is 0 Å². The third-order valence-electron chi connectivity index (χ3n) is 5.69. The Morgan fingerprint density at radius 2 is 1.83 bits per heavy atom. The largest absolute Gasteiger partial charge is 0.497 e. The van der Waals surface area contributed by atoms with Crippen molar-refractivity contribution in [2.45, 2.75) is 58.0 Å². The van der Waals surface area contributed by atoms with Gasteiger partial charge in [-0.15, -0.1) is 0 Å². The third-order valence-corrected chi connectivity index (χ3v) is 5.69. The molecule has 1 fully saturated rings. The fraction of sp³-hybridized carbons (Fsp3) is 0.636. The highest BCUT2D eigenvalue weighted by molar-refractivity contribution is 5.94. The molecule has 1 aromatic rings. The van der Waals surface area contributed by atoms with E-state index in [1.807, 2.05) is 27.8 Å². The zero-order chi connectivity index (χ0) is 21.6. The summed E-state index contributed by atoms with van der Waals surface area (Å²) >= 11 is 0. The Hall–Kier alpha value is -2.15. The van der Waals surface area contributed by atoms with Crippen LogP contribution in [0.1, 0.15) is 56.8 Å². The maximum atomic E-state index is 13.6. The lowest BCUT2D eigenvalue weighted by Gasteiger charge is -2.33. The van der Waals surface area contributed by atoms with Gasteiger partial charge in [0, 0.05) is 36.8 Å². The lowest BCUT2D eigenvalue weighted by atomic mass is 9.86. The second-order valence-electron chi connectivity index (χ2n) is 8.81. The molecule has 0 heterocycles. The van der Waals surface area contributed by atoms with E-state index in [9.17, 15) is 14.0 Å². The molecule has 0 radical (unpaired) electrons. The molecule has 1 saturated carbocycles. The minimum absolute atomic E-state index is 0.0948. The molecule has 0 atom stereocenters. The molecule has 7 heteroatoms. The number of carbonyl (C=O) groups is 2. The number of nitrogens with zero attached hydrogens (tertiary/aromatic N) is 1. The Labute approximate surface area is 173 Å². The normalized spacial score (nSPS) is 19.5. The first-order chi connectivity index (χ1) is 13.6. The van der Waals surface area contributed by atoms with Gasteiger partial charge in [-0.05, 0) is 64.5 Å². The fourth-order valence-corrected chi connectivity index (χ4v) is 3.45. The number of amides is 2. The summed E-state index contributed by atoms with van der Waals surface area (Å²) in [6.45, 7) is 6.97. The predicted molar refractivity (Wildman–Crippen MR) is 112 cm³/mol. The van der Waals surface area contributed by atoms with Gasteiger partial charge in [0.25, 0.3) is 5.91 Å². The van der Waals surface area contributed by atoms with Crippen molar-refractivity contribution in [3.05, 3.63) is 29.6 Å². The van der Waals surface area contributed by atoms with Crippen molar-refractivity contribution < 1.29 is 18.7 Å². The molecule has 0 unspecified atom stereocenters. The highest BCUT2D eigenvalue weighted by atomic mass is 19.1. The van der Waals surface area contributed by atoms with Crippen LogP contribution in [0.5, 0.6) is 5.75 Å². The molecular weight excluding hydrogens is 373 g/mol. The monoisotopic (exact) mass is 407 g/mol. The molecule has 1 aliphatic carbocycles. The van der Waals surface area contributed by atoms with Gasteiger partial charge in [-0.1, -0.05) is 0 Å². The Balaban J connectivity index is 1.73. The molecule has 0 spiro atoms. The van der Waals surface area contributed by atoms with Crippen molar-refractivity contribution in [2.75, 3.05) is 27.2 Å². The Kier molecular flexibility index (Phi) is 8.02. The van der Waals surface area contributed by atoms with E-state index in [4.69, 9.17) is 4.74 Å². The van der Waals surface area contributed by atoms with E-state index in [1.54, 1.807) is 4.90 Å². The van der Waals surface area contributed by atoms with Crippen LogP contribution < -0.4 is 15.4 Å². The Bertz CT molecular complexity index is 710. The smallest absolute Gasteiger partial charge is 0.251 e. The van der Waals surface area contributed by atoms with Gasteiger partial charge in [-0.2, -0.15) is 0 Å². The SMILES string of the molecule is COc1cc(F)cc(C(=O)NC[C@H]2CC[C@@H](NCC(=O)N(C)C(C)(C)C)CC2)c1. The van der Waals surface area contributed by atoms with E-state index in [1.165, 1.54) is 25.3 Å². The quantitative estimate of drug-likeness (QED) is 0.729. The number of ether oxygens (including phenoxy) is 1. The zero-order valence-corrected chi connectivity index (χ0v) is 18.2. The van der Waals surface area contributed by atoms with Gasteiger partial charge in [0.15, 0.2) is 0 Å². The molecule has 1 aliphatic rings. The molecule has 2 N–H and O–H groups in total. The first-order valence-electron chi connectivity index (χ1n) is 10.2. The van der Waals surface area contributed by atoms with Crippen LogP contribution in [-0.2, 0) is 4.79 Å². The summed E-state index contributed by atoms with van der Waals surface area (Å²) in [5, 5.41) is 6.27. The van der Waals surface area contributed by atoms with E-state index in [2.05, 4.69) is 10.6 Å². The lowest BCUT2D eigenvalue weighted by Crippen LogP contribution is -2.48. The van der Waals surface area contributed by atoms with Gasteiger partial charge in [0.1, 0.15) is 11.6 Å². The summed E-state index contributed by atoms with van der Waals surface area (Å²) < 4.78 is 18.6. The summed E-state index contributed by atoms with van der Waals surface area (Å²) in [6.07, 6.45) is 3.91. The highest BCUT2D eigenvalue weighted by Crippen LogP contribution is 2.24. The number of carbonyl (C=O) groups excluding carboxylic acids is 2. The zero-order valence-electron chi connectivity index (χ0n) is 18.2. The molecule has 0 aromatic heterocycles. The summed E-state index contributed by atoms with van der Waals surface area (Å²) in [5.41, 5.74) is 0.0824. The Morgan fingerprint density at radius 3 is 2.41 bits per heavy atom. The van der Waals surface area contributed by atoms with E-state index in [0.29, 0.717) is 30.8 Å². The molecule has 6 nitrogen and oxygen atoms in total. The van der Waals surface area contributed by atoms with Gasteiger partial charge >= 0.3 is 0 Å². The van der Waals surface area contributed by atoms with Gasteiger partial charge in [0.05, 0.1) is 13.7 Å². The number of likely N-dealkylation sites (N-methyl/N-ethyl adjacent to an activating group) is 1. The fourth-order valence-electron chi connectivity index (χ4n) is 3.45. The number of nitrogens with one attached hydrogen (secondary N) is 2. The van der Waals surface area contributed by atoms with E-state index in [0.717, 1.165) is 25.7 Å². The van der Waals surface area contributed by atoms with E-state index in [-0.39, 0.29) is 22.9 Å². The first kappa shape index (κ1) is 23.1. The number of benzene rings is 1. The van der Waals surface area contributed by atoms with Crippen molar-refractivity contribution in [3.8, 4) is 5.75 Å². The van der Waals surface area contributed by atoms with Crippen LogP contribution in [0, 0.1) is 11.7 Å². The summed E-state index contributed by atoms with van der Waals surface area (Å²) in [4.78, 5) is 26.3. The topological polar surface area (TPSA) is 70.7 Å². The van der Waals surface area contributed by atoms with Crippen LogP contribution in [0.2, 0.25) is 0 Å².